The van der Waals surface area contributed by atoms with E-state index in [0.717, 1.165) is 0 Å². The summed E-state index contributed by atoms with van der Waals surface area (Å²) in [5.41, 5.74) is 0.364. The molecule has 0 fully saturated rings. The van der Waals surface area contributed by atoms with Crippen molar-refractivity contribution in [3.63, 3.8) is 0 Å². The summed E-state index contributed by atoms with van der Waals surface area (Å²) >= 11 is 5.83. The topological polar surface area (TPSA) is 33.0 Å². The third kappa shape index (κ3) is 2.27. The van der Waals surface area contributed by atoms with E-state index in [0.29, 0.717) is 16.3 Å². The highest BCUT2D eigenvalue weighted by Gasteiger charge is 2.08. The fraction of sp³-hybridized carbons (Fsp3) is 0.182. The summed E-state index contributed by atoms with van der Waals surface area (Å²) < 4.78 is 5.44. The van der Waals surface area contributed by atoms with Crippen LogP contribution < -0.4 is 4.74 Å². The van der Waals surface area contributed by atoms with Crippen LogP contribution in [0.3, 0.4) is 0 Å². The Morgan fingerprint density at radius 3 is 2.93 bits per heavy atom. The molecule has 0 saturated heterocycles. The molecule has 0 heterocycles. The molecule has 1 atom stereocenters. The molecule has 3 heteroatoms. The predicted octanol–water partition coefficient (Wildman–Crippen LogP) is 3.16. The second-order valence-corrected chi connectivity index (χ2v) is 3.19. The fourth-order valence-electron chi connectivity index (χ4n) is 0.959. The number of ether oxygens (including phenoxy) is 1. The van der Waals surface area contributed by atoms with Crippen molar-refractivity contribution in [2.24, 2.45) is 0 Å². The molecule has 0 bridgehead atoms. The minimum absolute atomic E-state index is 0.138. The zero-order chi connectivity index (χ0) is 10.6. The first kappa shape index (κ1) is 10.6. The molecule has 0 saturated carbocycles. The van der Waals surface area contributed by atoms with Gasteiger partial charge in [0.15, 0.2) is 0 Å². The molecule has 0 aliphatic rings. The lowest BCUT2D eigenvalue weighted by Gasteiger charge is -2.11. The zero-order valence-corrected chi connectivity index (χ0v) is 8.58. The van der Waals surface area contributed by atoms with Crippen LogP contribution in [0.1, 0.15) is 12.5 Å². The van der Waals surface area contributed by atoms with Crippen LogP contribution in [0.15, 0.2) is 30.9 Å². The summed E-state index contributed by atoms with van der Waals surface area (Å²) in [5.74, 6) is 0.493. The molecule has 2 nitrogen and oxygen atoms in total. The monoisotopic (exact) mass is 207 g/mol. The van der Waals surface area contributed by atoms with Crippen LogP contribution in [0.4, 0.5) is 0 Å². The molecular weight excluding hydrogens is 198 g/mol. The second-order valence-electron chi connectivity index (χ2n) is 2.78. The van der Waals surface area contributed by atoms with E-state index in [-0.39, 0.29) is 6.10 Å². The van der Waals surface area contributed by atoms with Crippen molar-refractivity contribution in [2.45, 2.75) is 13.0 Å². The summed E-state index contributed by atoms with van der Waals surface area (Å²) in [6.07, 6.45) is 1.52. The van der Waals surface area contributed by atoms with E-state index in [1.165, 1.54) is 0 Å². The molecule has 0 amide bonds. The van der Waals surface area contributed by atoms with Crippen LogP contribution in [-0.4, -0.2) is 6.10 Å². The third-order valence-electron chi connectivity index (χ3n) is 1.73. The van der Waals surface area contributed by atoms with Gasteiger partial charge in [0, 0.05) is 0 Å². The van der Waals surface area contributed by atoms with Gasteiger partial charge in [-0.1, -0.05) is 30.3 Å². The molecule has 1 unspecified atom stereocenters. The Kier molecular flexibility index (Phi) is 3.55. The largest absolute Gasteiger partial charge is 0.485 e. The number of nitrogens with zero attached hydrogens (tertiary/aromatic N) is 1. The van der Waals surface area contributed by atoms with E-state index < -0.39 is 0 Å². The molecule has 0 aromatic heterocycles. The summed E-state index contributed by atoms with van der Waals surface area (Å²) in [6, 6.07) is 7.12. The number of halogens is 1. The van der Waals surface area contributed by atoms with Crippen molar-refractivity contribution >= 4 is 11.6 Å². The highest BCUT2D eigenvalue weighted by atomic mass is 35.5. The van der Waals surface area contributed by atoms with E-state index in [4.69, 9.17) is 21.6 Å². The maximum atomic E-state index is 8.84. The van der Waals surface area contributed by atoms with Crippen LogP contribution in [0.25, 0.3) is 0 Å². The smallest absolute Gasteiger partial charge is 0.139 e. The van der Waals surface area contributed by atoms with Gasteiger partial charge >= 0.3 is 0 Å². The van der Waals surface area contributed by atoms with Gasteiger partial charge in [-0.25, -0.2) is 0 Å². The SMILES string of the molecule is C=CC(C)Oc1cccc(Cl)c1C#N. The predicted molar refractivity (Wildman–Crippen MR) is 56.5 cm³/mol. The van der Waals surface area contributed by atoms with E-state index in [9.17, 15) is 0 Å². The van der Waals surface area contributed by atoms with Crippen LogP contribution in [0.5, 0.6) is 5.75 Å². The maximum absolute atomic E-state index is 8.84. The fourth-order valence-corrected chi connectivity index (χ4v) is 1.17. The number of hydrogen-bond acceptors (Lipinski definition) is 2. The molecule has 0 N–H and O–H groups in total. The summed E-state index contributed by atoms with van der Waals surface area (Å²) in [6.45, 7) is 5.44. The van der Waals surface area contributed by atoms with Crippen molar-refractivity contribution in [2.75, 3.05) is 0 Å². The molecule has 0 aliphatic carbocycles. The first-order valence-electron chi connectivity index (χ1n) is 4.17. The highest BCUT2D eigenvalue weighted by molar-refractivity contribution is 6.31. The second kappa shape index (κ2) is 4.69. The minimum atomic E-state index is -0.138. The first-order chi connectivity index (χ1) is 6.69. The average molecular weight is 208 g/mol. The van der Waals surface area contributed by atoms with Crippen molar-refractivity contribution in [1.29, 1.82) is 5.26 Å². The Morgan fingerprint density at radius 2 is 2.36 bits per heavy atom. The van der Waals surface area contributed by atoms with Crippen molar-refractivity contribution in [1.82, 2.24) is 0 Å². The van der Waals surface area contributed by atoms with E-state index in [1.807, 2.05) is 13.0 Å². The third-order valence-corrected chi connectivity index (χ3v) is 2.05. The lowest BCUT2D eigenvalue weighted by Crippen LogP contribution is -2.08. The summed E-state index contributed by atoms with van der Waals surface area (Å²) in [5, 5.41) is 9.25. The lowest BCUT2D eigenvalue weighted by atomic mass is 10.2. The molecule has 72 valence electrons. The molecule has 1 rings (SSSR count). The molecule has 1 aromatic rings. The van der Waals surface area contributed by atoms with Crippen LogP contribution in [0.2, 0.25) is 5.02 Å². The normalized spacial score (nSPS) is 11.5. The van der Waals surface area contributed by atoms with Gasteiger partial charge in [0.25, 0.3) is 0 Å². The maximum Gasteiger partial charge on any atom is 0.139 e. The van der Waals surface area contributed by atoms with Gasteiger partial charge in [0.1, 0.15) is 23.5 Å². The standard InChI is InChI=1S/C11H10ClNO/c1-3-8(2)14-11-6-4-5-10(12)9(11)7-13/h3-6,8H,1H2,2H3. The van der Waals surface area contributed by atoms with Crippen molar-refractivity contribution in [3.8, 4) is 11.8 Å². The van der Waals surface area contributed by atoms with Gasteiger partial charge in [-0.2, -0.15) is 5.26 Å². The Morgan fingerprint density at radius 1 is 1.64 bits per heavy atom. The Bertz CT molecular complexity index is 381. The van der Waals surface area contributed by atoms with E-state index in [2.05, 4.69) is 6.58 Å². The summed E-state index contributed by atoms with van der Waals surface area (Å²) in [4.78, 5) is 0. The van der Waals surface area contributed by atoms with E-state index in [1.54, 1.807) is 24.3 Å². The van der Waals surface area contributed by atoms with Crippen molar-refractivity contribution in [3.05, 3.63) is 41.4 Å². The van der Waals surface area contributed by atoms with Gasteiger partial charge in [0.2, 0.25) is 0 Å². The average Bonchev–Trinajstić information content (AvgIpc) is 2.18. The Hall–Kier alpha value is -1.46. The Labute approximate surface area is 88.4 Å². The van der Waals surface area contributed by atoms with Gasteiger partial charge in [-0.05, 0) is 19.1 Å². The Balaban J connectivity index is 3.03. The molecular formula is C11H10ClNO. The molecule has 0 spiro atoms. The number of rotatable bonds is 3. The number of benzene rings is 1. The molecule has 14 heavy (non-hydrogen) atoms. The van der Waals surface area contributed by atoms with Gasteiger partial charge < -0.3 is 4.74 Å². The molecule has 0 aliphatic heterocycles. The van der Waals surface area contributed by atoms with Crippen LogP contribution >= 0.6 is 11.6 Å². The zero-order valence-electron chi connectivity index (χ0n) is 7.83. The summed E-state index contributed by atoms with van der Waals surface area (Å²) in [7, 11) is 0. The van der Waals surface area contributed by atoms with Crippen molar-refractivity contribution < 1.29 is 4.74 Å². The minimum Gasteiger partial charge on any atom is -0.485 e. The van der Waals surface area contributed by atoms with Crippen LogP contribution in [-0.2, 0) is 0 Å². The number of hydrogen-bond donors (Lipinski definition) is 0. The quantitative estimate of drug-likeness (QED) is 0.714. The number of nitriles is 1. The highest BCUT2D eigenvalue weighted by Crippen LogP contribution is 2.26. The van der Waals surface area contributed by atoms with Gasteiger partial charge in [0.05, 0.1) is 5.02 Å². The van der Waals surface area contributed by atoms with Crippen LogP contribution in [0, 0.1) is 11.3 Å². The molecule has 0 radical (unpaired) electrons. The lowest BCUT2D eigenvalue weighted by molar-refractivity contribution is 0.269. The van der Waals surface area contributed by atoms with Gasteiger partial charge in [-0.3, -0.25) is 0 Å². The molecule has 1 aromatic carbocycles. The van der Waals surface area contributed by atoms with E-state index >= 15 is 0 Å². The first-order valence-corrected chi connectivity index (χ1v) is 4.54. The van der Waals surface area contributed by atoms with Gasteiger partial charge in [-0.15, -0.1) is 0 Å².